The van der Waals surface area contributed by atoms with Crippen LogP contribution in [-0.4, -0.2) is 16.0 Å². The van der Waals surface area contributed by atoms with Crippen molar-refractivity contribution < 1.29 is 0 Å². The van der Waals surface area contributed by atoms with Crippen molar-refractivity contribution in [2.45, 2.75) is 18.9 Å². The van der Waals surface area contributed by atoms with Crippen LogP contribution in [0.15, 0.2) is 24.3 Å². The lowest BCUT2D eigenvalue weighted by atomic mass is 10.2. The highest BCUT2D eigenvalue weighted by Crippen LogP contribution is 2.27. The summed E-state index contributed by atoms with van der Waals surface area (Å²) in [6.07, 6.45) is 2.47. The van der Waals surface area contributed by atoms with E-state index in [1.54, 1.807) is 0 Å². The van der Waals surface area contributed by atoms with Crippen LogP contribution in [0, 0.1) is 4.77 Å². The topological polar surface area (TPSA) is 40.7 Å². The number of nitrogens with one attached hydrogen (secondary N) is 2. The Hall–Kier alpha value is -1.42. The van der Waals surface area contributed by atoms with E-state index in [1.165, 1.54) is 12.8 Å². The highest BCUT2D eigenvalue weighted by Gasteiger charge is 2.22. The predicted octanol–water partition coefficient (Wildman–Crippen LogP) is 2.87. The van der Waals surface area contributed by atoms with E-state index < -0.39 is 0 Å². The standard InChI is InChI=1S/C11H11N3S/c15-11-13-9-4-2-1-3-8(9)10(14-11)12-7-5-6-7/h1-4,7H,5-6H2,(H2,12,13,14,15). The lowest BCUT2D eigenvalue weighted by molar-refractivity contribution is 1.09. The third-order valence-corrected chi connectivity index (χ3v) is 2.75. The Balaban J connectivity index is 2.20. The normalized spacial score (nSPS) is 15.5. The smallest absolute Gasteiger partial charge is 0.199 e. The molecule has 0 amide bonds. The van der Waals surface area contributed by atoms with Gasteiger partial charge >= 0.3 is 0 Å². The number of nitrogens with zero attached hydrogens (tertiary/aromatic N) is 1. The largest absolute Gasteiger partial charge is 0.367 e. The van der Waals surface area contributed by atoms with Gasteiger partial charge in [-0.2, -0.15) is 0 Å². The van der Waals surface area contributed by atoms with Crippen molar-refractivity contribution in [1.29, 1.82) is 0 Å². The molecule has 3 nitrogen and oxygen atoms in total. The molecule has 0 saturated heterocycles. The molecule has 1 aliphatic rings. The molecule has 2 N–H and O–H groups in total. The van der Waals surface area contributed by atoms with Crippen LogP contribution in [-0.2, 0) is 0 Å². The zero-order valence-corrected chi connectivity index (χ0v) is 8.97. The lowest BCUT2D eigenvalue weighted by Crippen LogP contribution is -2.04. The Labute approximate surface area is 92.6 Å². The van der Waals surface area contributed by atoms with Gasteiger partial charge in [-0.1, -0.05) is 12.1 Å². The molecule has 1 aromatic carbocycles. The van der Waals surface area contributed by atoms with Crippen LogP contribution in [0.2, 0.25) is 0 Å². The van der Waals surface area contributed by atoms with E-state index in [4.69, 9.17) is 12.2 Å². The number of H-pyrrole nitrogens is 1. The number of benzene rings is 1. The molecule has 0 aliphatic heterocycles. The summed E-state index contributed by atoms with van der Waals surface area (Å²) in [5.74, 6) is 0.914. The van der Waals surface area contributed by atoms with Gasteiger partial charge in [-0.05, 0) is 37.2 Å². The number of hydrogen-bond donors (Lipinski definition) is 2. The number of hydrogen-bond acceptors (Lipinski definition) is 3. The molecule has 1 aromatic heterocycles. The van der Waals surface area contributed by atoms with Crippen LogP contribution in [0.25, 0.3) is 10.9 Å². The molecule has 0 bridgehead atoms. The summed E-state index contributed by atoms with van der Waals surface area (Å²) in [7, 11) is 0. The van der Waals surface area contributed by atoms with Gasteiger partial charge in [0.2, 0.25) is 0 Å². The van der Waals surface area contributed by atoms with Gasteiger partial charge in [0.15, 0.2) is 4.77 Å². The second-order valence-corrected chi connectivity index (χ2v) is 4.24. The van der Waals surface area contributed by atoms with Gasteiger partial charge in [0.1, 0.15) is 5.82 Å². The number of para-hydroxylation sites is 1. The number of rotatable bonds is 2. The Morgan fingerprint density at radius 3 is 2.93 bits per heavy atom. The van der Waals surface area contributed by atoms with Crippen LogP contribution in [0.4, 0.5) is 5.82 Å². The van der Waals surface area contributed by atoms with Crippen molar-refractivity contribution >= 4 is 28.9 Å². The molecule has 15 heavy (non-hydrogen) atoms. The van der Waals surface area contributed by atoms with E-state index in [0.29, 0.717) is 10.8 Å². The van der Waals surface area contributed by atoms with E-state index in [0.717, 1.165) is 16.7 Å². The van der Waals surface area contributed by atoms with Crippen molar-refractivity contribution in [3.63, 3.8) is 0 Å². The van der Waals surface area contributed by atoms with Crippen molar-refractivity contribution in [1.82, 2.24) is 9.97 Å². The molecule has 1 saturated carbocycles. The molecular formula is C11H11N3S. The van der Waals surface area contributed by atoms with Crippen molar-refractivity contribution in [2.75, 3.05) is 5.32 Å². The fraction of sp³-hybridized carbons (Fsp3) is 0.273. The molecule has 4 heteroatoms. The second-order valence-electron chi connectivity index (χ2n) is 3.85. The fourth-order valence-electron chi connectivity index (χ4n) is 1.63. The molecule has 0 atom stereocenters. The summed E-state index contributed by atoms with van der Waals surface area (Å²) in [6, 6.07) is 8.68. The lowest BCUT2D eigenvalue weighted by Gasteiger charge is -2.06. The number of anilines is 1. The first kappa shape index (κ1) is 8.85. The van der Waals surface area contributed by atoms with Crippen LogP contribution in [0.5, 0.6) is 0 Å². The maximum atomic E-state index is 5.09. The van der Waals surface area contributed by atoms with Crippen LogP contribution < -0.4 is 5.32 Å². The Bertz CT molecular complexity index is 557. The molecule has 76 valence electrons. The van der Waals surface area contributed by atoms with E-state index in [1.807, 2.05) is 18.2 Å². The zero-order chi connectivity index (χ0) is 10.3. The highest BCUT2D eigenvalue weighted by molar-refractivity contribution is 7.71. The van der Waals surface area contributed by atoms with Crippen LogP contribution >= 0.6 is 12.2 Å². The number of aromatic amines is 1. The van der Waals surface area contributed by atoms with E-state index in [-0.39, 0.29) is 0 Å². The molecule has 3 rings (SSSR count). The SMILES string of the molecule is S=c1nc(NC2CC2)c2ccccc2[nH]1. The molecule has 1 heterocycles. The number of aromatic nitrogens is 2. The van der Waals surface area contributed by atoms with Gasteiger partial charge in [0, 0.05) is 11.4 Å². The molecule has 1 fully saturated rings. The van der Waals surface area contributed by atoms with Crippen molar-refractivity contribution in [3.05, 3.63) is 29.0 Å². The monoisotopic (exact) mass is 217 g/mol. The average molecular weight is 217 g/mol. The van der Waals surface area contributed by atoms with E-state index in [2.05, 4.69) is 21.4 Å². The Kier molecular flexibility index (Phi) is 1.95. The third kappa shape index (κ3) is 1.72. The Morgan fingerprint density at radius 1 is 1.33 bits per heavy atom. The summed E-state index contributed by atoms with van der Waals surface area (Å²) in [5.41, 5.74) is 1.04. The third-order valence-electron chi connectivity index (χ3n) is 2.56. The highest BCUT2D eigenvalue weighted by atomic mass is 32.1. The summed E-state index contributed by atoms with van der Waals surface area (Å²) in [4.78, 5) is 7.42. The minimum Gasteiger partial charge on any atom is -0.367 e. The maximum Gasteiger partial charge on any atom is 0.199 e. The summed E-state index contributed by atoms with van der Waals surface area (Å²) >= 11 is 5.09. The quantitative estimate of drug-likeness (QED) is 0.760. The predicted molar refractivity (Wildman–Crippen MR) is 63.6 cm³/mol. The van der Waals surface area contributed by atoms with Gasteiger partial charge in [0.05, 0.1) is 5.52 Å². The first-order valence-electron chi connectivity index (χ1n) is 5.08. The summed E-state index contributed by atoms with van der Waals surface area (Å²) < 4.78 is 0.539. The number of fused-ring (bicyclic) bond motifs is 1. The second kappa shape index (κ2) is 3.31. The van der Waals surface area contributed by atoms with Crippen LogP contribution in [0.3, 0.4) is 0 Å². The zero-order valence-electron chi connectivity index (χ0n) is 8.16. The van der Waals surface area contributed by atoms with Gasteiger partial charge in [-0.15, -0.1) is 0 Å². The average Bonchev–Trinajstić information content (AvgIpc) is 3.01. The molecule has 0 radical (unpaired) electrons. The molecule has 0 unspecified atom stereocenters. The Morgan fingerprint density at radius 2 is 2.13 bits per heavy atom. The molecule has 0 spiro atoms. The first-order valence-corrected chi connectivity index (χ1v) is 5.49. The van der Waals surface area contributed by atoms with Crippen molar-refractivity contribution in [3.8, 4) is 0 Å². The van der Waals surface area contributed by atoms with Crippen LogP contribution in [0.1, 0.15) is 12.8 Å². The molecule has 2 aromatic rings. The van der Waals surface area contributed by atoms with Gasteiger partial charge < -0.3 is 10.3 Å². The first-order chi connectivity index (χ1) is 7.33. The summed E-state index contributed by atoms with van der Waals surface area (Å²) in [5, 5.41) is 4.51. The minimum atomic E-state index is 0.539. The van der Waals surface area contributed by atoms with Gasteiger partial charge in [-0.25, -0.2) is 4.98 Å². The minimum absolute atomic E-state index is 0.539. The van der Waals surface area contributed by atoms with E-state index in [9.17, 15) is 0 Å². The molecular weight excluding hydrogens is 206 g/mol. The fourth-order valence-corrected chi connectivity index (χ4v) is 1.84. The van der Waals surface area contributed by atoms with Gasteiger partial charge in [-0.3, -0.25) is 0 Å². The van der Waals surface area contributed by atoms with Gasteiger partial charge in [0.25, 0.3) is 0 Å². The van der Waals surface area contributed by atoms with Crippen molar-refractivity contribution in [2.24, 2.45) is 0 Å². The molecule has 1 aliphatic carbocycles. The summed E-state index contributed by atoms with van der Waals surface area (Å²) in [6.45, 7) is 0. The van der Waals surface area contributed by atoms with E-state index >= 15 is 0 Å². The maximum absolute atomic E-state index is 5.09.